The number of aryl methyl sites for hydroxylation is 1. The van der Waals surface area contributed by atoms with Crippen LogP contribution < -0.4 is 5.73 Å². The van der Waals surface area contributed by atoms with Crippen LogP contribution in [0.15, 0.2) is 0 Å². The Morgan fingerprint density at radius 1 is 1.28 bits per heavy atom. The molecule has 0 aliphatic rings. The van der Waals surface area contributed by atoms with E-state index in [9.17, 15) is 4.79 Å². The van der Waals surface area contributed by atoms with Crippen LogP contribution in [0.5, 0.6) is 0 Å². The molecule has 0 saturated carbocycles. The topological polar surface area (TPSA) is 92.3 Å². The first-order chi connectivity index (χ1) is 8.70. The standard InChI is InChI=1S/C11H20N4O3/c1-17-7-4-3-6-15-9(5-8-18-2)10(11(12)16)13-14-15/h3-8H2,1-2H3,(H2,12,16). The van der Waals surface area contributed by atoms with E-state index in [1.165, 1.54) is 0 Å². The second-order valence-electron chi connectivity index (χ2n) is 3.91. The first-order valence-corrected chi connectivity index (χ1v) is 5.90. The molecule has 1 rings (SSSR count). The minimum absolute atomic E-state index is 0.235. The third-order valence-electron chi connectivity index (χ3n) is 2.58. The highest BCUT2D eigenvalue weighted by Crippen LogP contribution is 2.08. The molecule has 0 spiro atoms. The summed E-state index contributed by atoms with van der Waals surface area (Å²) in [5, 5.41) is 7.78. The third kappa shape index (κ3) is 4.08. The zero-order valence-electron chi connectivity index (χ0n) is 10.9. The molecule has 102 valence electrons. The summed E-state index contributed by atoms with van der Waals surface area (Å²) in [5.74, 6) is -0.552. The molecule has 0 aliphatic carbocycles. The molecule has 0 aromatic carbocycles. The van der Waals surface area contributed by atoms with E-state index in [-0.39, 0.29) is 5.69 Å². The Hall–Kier alpha value is -1.47. The fraction of sp³-hybridized carbons (Fsp3) is 0.727. The normalized spacial score (nSPS) is 10.8. The van der Waals surface area contributed by atoms with Crippen molar-refractivity contribution in [1.82, 2.24) is 15.0 Å². The lowest BCUT2D eigenvalue weighted by Crippen LogP contribution is -2.16. The number of rotatable bonds is 9. The van der Waals surface area contributed by atoms with E-state index in [0.29, 0.717) is 26.2 Å². The van der Waals surface area contributed by atoms with Crippen LogP contribution in [0.3, 0.4) is 0 Å². The van der Waals surface area contributed by atoms with Crippen LogP contribution in [0.2, 0.25) is 0 Å². The van der Waals surface area contributed by atoms with E-state index in [4.69, 9.17) is 15.2 Å². The number of primary amides is 1. The van der Waals surface area contributed by atoms with Gasteiger partial charge in [-0.15, -0.1) is 5.10 Å². The average molecular weight is 256 g/mol. The van der Waals surface area contributed by atoms with Crippen molar-refractivity contribution in [2.45, 2.75) is 25.8 Å². The van der Waals surface area contributed by atoms with Crippen LogP contribution >= 0.6 is 0 Å². The molecule has 1 heterocycles. The summed E-state index contributed by atoms with van der Waals surface area (Å²) in [7, 11) is 3.28. The average Bonchev–Trinajstić information content (AvgIpc) is 2.75. The molecule has 7 nitrogen and oxygen atoms in total. The van der Waals surface area contributed by atoms with E-state index in [1.54, 1.807) is 18.9 Å². The first kappa shape index (κ1) is 14.6. The number of amides is 1. The van der Waals surface area contributed by atoms with Gasteiger partial charge in [-0.3, -0.25) is 4.79 Å². The highest BCUT2D eigenvalue weighted by Gasteiger charge is 2.16. The Labute approximate surface area is 106 Å². The van der Waals surface area contributed by atoms with Gasteiger partial charge in [-0.2, -0.15) is 0 Å². The van der Waals surface area contributed by atoms with Crippen molar-refractivity contribution in [3.8, 4) is 0 Å². The van der Waals surface area contributed by atoms with Crippen molar-refractivity contribution in [2.75, 3.05) is 27.4 Å². The molecule has 0 unspecified atom stereocenters. The maximum absolute atomic E-state index is 11.2. The fourth-order valence-corrected chi connectivity index (χ4v) is 1.66. The number of ether oxygens (including phenoxy) is 2. The second-order valence-corrected chi connectivity index (χ2v) is 3.91. The highest BCUT2D eigenvalue weighted by atomic mass is 16.5. The van der Waals surface area contributed by atoms with Crippen molar-refractivity contribution in [3.63, 3.8) is 0 Å². The zero-order valence-corrected chi connectivity index (χ0v) is 10.9. The molecule has 7 heteroatoms. The Bertz CT molecular complexity index is 378. The number of carbonyl (C=O) groups excluding carboxylic acids is 1. The Morgan fingerprint density at radius 2 is 2.00 bits per heavy atom. The van der Waals surface area contributed by atoms with Crippen LogP contribution in [0, 0.1) is 0 Å². The number of carbonyl (C=O) groups is 1. The van der Waals surface area contributed by atoms with Crippen LogP contribution in [0.25, 0.3) is 0 Å². The molecular formula is C11H20N4O3. The van der Waals surface area contributed by atoms with Crippen LogP contribution in [0.1, 0.15) is 29.0 Å². The van der Waals surface area contributed by atoms with Crippen LogP contribution in [-0.2, 0) is 22.4 Å². The maximum atomic E-state index is 11.2. The molecule has 0 fully saturated rings. The number of hydrogen-bond acceptors (Lipinski definition) is 5. The number of methoxy groups -OCH3 is 2. The van der Waals surface area contributed by atoms with Gasteiger partial charge in [-0.05, 0) is 12.8 Å². The summed E-state index contributed by atoms with van der Waals surface area (Å²) in [6, 6.07) is 0. The first-order valence-electron chi connectivity index (χ1n) is 5.90. The molecule has 0 aliphatic heterocycles. The van der Waals surface area contributed by atoms with Gasteiger partial charge < -0.3 is 15.2 Å². The van der Waals surface area contributed by atoms with Crippen molar-refractivity contribution < 1.29 is 14.3 Å². The van der Waals surface area contributed by atoms with E-state index in [2.05, 4.69) is 10.3 Å². The van der Waals surface area contributed by atoms with E-state index >= 15 is 0 Å². The molecule has 0 bridgehead atoms. The summed E-state index contributed by atoms with van der Waals surface area (Å²) >= 11 is 0. The van der Waals surface area contributed by atoms with Gasteiger partial charge in [0.15, 0.2) is 5.69 Å². The summed E-state index contributed by atoms with van der Waals surface area (Å²) < 4.78 is 11.7. The second kappa shape index (κ2) is 7.78. The van der Waals surface area contributed by atoms with Gasteiger partial charge in [0, 0.05) is 33.8 Å². The van der Waals surface area contributed by atoms with Crippen LogP contribution in [-0.4, -0.2) is 48.3 Å². The quantitative estimate of drug-likeness (QED) is 0.627. The van der Waals surface area contributed by atoms with Gasteiger partial charge in [0.25, 0.3) is 5.91 Å². The minimum atomic E-state index is -0.552. The van der Waals surface area contributed by atoms with E-state index in [0.717, 1.165) is 18.5 Å². The molecule has 1 amide bonds. The van der Waals surface area contributed by atoms with E-state index < -0.39 is 5.91 Å². The molecule has 1 aromatic heterocycles. The third-order valence-corrected chi connectivity index (χ3v) is 2.58. The Morgan fingerprint density at radius 3 is 2.61 bits per heavy atom. The lowest BCUT2D eigenvalue weighted by molar-refractivity contribution is 0.0994. The molecule has 2 N–H and O–H groups in total. The lowest BCUT2D eigenvalue weighted by Gasteiger charge is -2.06. The molecule has 18 heavy (non-hydrogen) atoms. The van der Waals surface area contributed by atoms with Gasteiger partial charge in [-0.25, -0.2) is 4.68 Å². The molecule has 0 saturated heterocycles. The number of aromatic nitrogens is 3. The van der Waals surface area contributed by atoms with Gasteiger partial charge in [-0.1, -0.05) is 5.21 Å². The Kier molecular flexibility index (Phi) is 6.31. The van der Waals surface area contributed by atoms with Gasteiger partial charge >= 0.3 is 0 Å². The van der Waals surface area contributed by atoms with Crippen LogP contribution in [0.4, 0.5) is 0 Å². The summed E-state index contributed by atoms with van der Waals surface area (Å²) in [6.45, 7) is 1.92. The maximum Gasteiger partial charge on any atom is 0.271 e. The molecule has 0 atom stereocenters. The highest BCUT2D eigenvalue weighted by molar-refractivity contribution is 5.91. The van der Waals surface area contributed by atoms with Crippen molar-refractivity contribution in [2.24, 2.45) is 5.73 Å². The van der Waals surface area contributed by atoms with Crippen molar-refractivity contribution in [1.29, 1.82) is 0 Å². The van der Waals surface area contributed by atoms with Crippen molar-refractivity contribution >= 4 is 5.91 Å². The number of hydrogen-bond donors (Lipinski definition) is 1. The minimum Gasteiger partial charge on any atom is -0.385 e. The predicted octanol–water partition coefficient (Wildman–Crippen LogP) is -0.00750. The predicted molar refractivity (Wildman–Crippen MR) is 65.2 cm³/mol. The van der Waals surface area contributed by atoms with E-state index in [1.807, 2.05) is 0 Å². The van der Waals surface area contributed by atoms with Gasteiger partial charge in [0.2, 0.25) is 0 Å². The number of nitrogens with two attached hydrogens (primary N) is 1. The van der Waals surface area contributed by atoms with Gasteiger partial charge in [0.05, 0.1) is 12.3 Å². The largest absolute Gasteiger partial charge is 0.385 e. The summed E-state index contributed by atoms with van der Waals surface area (Å²) in [5.41, 5.74) is 6.23. The van der Waals surface area contributed by atoms with Gasteiger partial charge in [0.1, 0.15) is 0 Å². The van der Waals surface area contributed by atoms with Crippen molar-refractivity contribution in [3.05, 3.63) is 11.4 Å². The molecule has 0 radical (unpaired) electrons. The lowest BCUT2D eigenvalue weighted by atomic mass is 10.2. The fourth-order valence-electron chi connectivity index (χ4n) is 1.66. The monoisotopic (exact) mass is 256 g/mol. The number of unbranched alkanes of at least 4 members (excludes halogenated alkanes) is 1. The zero-order chi connectivity index (χ0) is 13.4. The summed E-state index contributed by atoms with van der Waals surface area (Å²) in [6.07, 6.45) is 2.42. The Balaban J connectivity index is 2.67. The number of nitrogens with zero attached hydrogens (tertiary/aromatic N) is 3. The molecular weight excluding hydrogens is 236 g/mol. The summed E-state index contributed by atoms with van der Waals surface area (Å²) in [4.78, 5) is 11.2. The SMILES string of the molecule is COCCCCn1nnc(C(N)=O)c1CCOC. The smallest absolute Gasteiger partial charge is 0.271 e. The molecule has 1 aromatic rings.